The van der Waals surface area contributed by atoms with Crippen LogP contribution in [0.5, 0.6) is 5.75 Å². The van der Waals surface area contributed by atoms with Crippen molar-refractivity contribution >= 4 is 46.4 Å². The fourth-order valence-electron chi connectivity index (χ4n) is 3.16. The molecule has 1 atom stereocenters. The molecule has 2 aromatic rings. The van der Waals surface area contributed by atoms with E-state index in [9.17, 15) is 9.59 Å². The Labute approximate surface area is 173 Å². The molecule has 1 aromatic carbocycles. The largest absolute Gasteiger partial charge is 0.493 e. The molecule has 1 aromatic heterocycles. The Bertz CT molecular complexity index is 987. The van der Waals surface area contributed by atoms with E-state index in [0.717, 1.165) is 23.4 Å². The Balaban J connectivity index is 1.58. The zero-order chi connectivity index (χ0) is 20.4. The predicted molar refractivity (Wildman–Crippen MR) is 115 cm³/mol. The molecule has 4 rings (SSSR count). The standard InChI is InChI=1S/C21H24N4O3S/c1-3-28-17-10-19(23-12(2)26)24-16-7-6-14(8-15(16)17)9-18-20(27)25-21(29-18)22-11-13-4-5-13/h6-10,13,21-22H,3-5,11H2,1-2H3,(H,25,27)(H,23,24,26)/b18-9-. The topological polar surface area (TPSA) is 92.3 Å². The molecule has 1 aliphatic heterocycles. The van der Waals surface area contributed by atoms with E-state index in [1.165, 1.54) is 31.5 Å². The van der Waals surface area contributed by atoms with Crippen LogP contribution < -0.4 is 20.7 Å². The first-order valence-electron chi connectivity index (χ1n) is 9.79. The molecule has 1 aliphatic carbocycles. The van der Waals surface area contributed by atoms with Crippen LogP contribution in [-0.2, 0) is 9.59 Å². The summed E-state index contributed by atoms with van der Waals surface area (Å²) in [5.41, 5.74) is 1.54. The lowest BCUT2D eigenvalue weighted by atomic mass is 10.1. The van der Waals surface area contributed by atoms with Crippen LogP contribution in [-0.4, -0.2) is 35.4 Å². The number of ether oxygens (including phenoxy) is 1. The number of amides is 2. The van der Waals surface area contributed by atoms with Crippen molar-refractivity contribution < 1.29 is 14.3 Å². The van der Waals surface area contributed by atoms with Crippen molar-refractivity contribution in [2.75, 3.05) is 18.5 Å². The maximum atomic E-state index is 12.3. The maximum Gasteiger partial charge on any atom is 0.259 e. The highest BCUT2D eigenvalue weighted by molar-refractivity contribution is 8.05. The van der Waals surface area contributed by atoms with Crippen molar-refractivity contribution in [2.24, 2.45) is 5.92 Å². The molecule has 1 saturated carbocycles. The van der Waals surface area contributed by atoms with Gasteiger partial charge >= 0.3 is 0 Å². The van der Waals surface area contributed by atoms with Crippen molar-refractivity contribution in [3.05, 3.63) is 34.7 Å². The second-order valence-electron chi connectivity index (χ2n) is 7.23. The average Bonchev–Trinajstić information content (AvgIpc) is 3.44. The van der Waals surface area contributed by atoms with Gasteiger partial charge in [0.1, 0.15) is 17.1 Å². The number of hydrogen-bond donors (Lipinski definition) is 3. The van der Waals surface area contributed by atoms with Crippen LogP contribution in [0.3, 0.4) is 0 Å². The maximum absolute atomic E-state index is 12.3. The van der Waals surface area contributed by atoms with E-state index in [4.69, 9.17) is 4.74 Å². The predicted octanol–water partition coefficient (Wildman–Crippen LogP) is 3.08. The summed E-state index contributed by atoms with van der Waals surface area (Å²) >= 11 is 1.51. The molecule has 1 unspecified atom stereocenters. The van der Waals surface area contributed by atoms with Gasteiger partial charge in [0.15, 0.2) is 0 Å². The Kier molecular flexibility index (Phi) is 5.73. The van der Waals surface area contributed by atoms with Crippen LogP contribution >= 0.6 is 11.8 Å². The van der Waals surface area contributed by atoms with E-state index in [0.29, 0.717) is 28.6 Å². The molecule has 2 fully saturated rings. The second kappa shape index (κ2) is 8.42. The minimum Gasteiger partial charge on any atom is -0.493 e. The number of benzene rings is 1. The minimum atomic E-state index is -0.185. The zero-order valence-corrected chi connectivity index (χ0v) is 17.3. The molecule has 7 nitrogen and oxygen atoms in total. The highest BCUT2D eigenvalue weighted by Gasteiger charge is 2.29. The zero-order valence-electron chi connectivity index (χ0n) is 16.5. The van der Waals surface area contributed by atoms with Crippen LogP contribution in [0.25, 0.3) is 17.0 Å². The molecule has 2 amide bonds. The highest BCUT2D eigenvalue weighted by Crippen LogP contribution is 2.33. The Morgan fingerprint density at radius 1 is 1.38 bits per heavy atom. The highest BCUT2D eigenvalue weighted by atomic mass is 32.2. The number of nitrogens with zero attached hydrogens (tertiary/aromatic N) is 1. The van der Waals surface area contributed by atoms with Crippen molar-refractivity contribution in [2.45, 2.75) is 32.2 Å². The summed E-state index contributed by atoms with van der Waals surface area (Å²) in [6.45, 7) is 4.79. The van der Waals surface area contributed by atoms with E-state index in [1.54, 1.807) is 6.07 Å². The monoisotopic (exact) mass is 412 g/mol. The second-order valence-corrected chi connectivity index (χ2v) is 8.37. The van der Waals surface area contributed by atoms with Gasteiger partial charge in [0, 0.05) is 24.9 Å². The molecule has 8 heteroatoms. The van der Waals surface area contributed by atoms with E-state index >= 15 is 0 Å². The van der Waals surface area contributed by atoms with Gasteiger partial charge in [-0.05, 0) is 49.5 Å². The number of carbonyl (C=O) groups is 2. The lowest BCUT2D eigenvalue weighted by Crippen LogP contribution is -2.38. The third-order valence-corrected chi connectivity index (χ3v) is 5.79. The smallest absolute Gasteiger partial charge is 0.259 e. The Hall–Kier alpha value is -2.58. The van der Waals surface area contributed by atoms with Crippen molar-refractivity contribution in [1.29, 1.82) is 0 Å². The quantitative estimate of drug-likeness (QED) is 0.606. The van der Waals surface area contributed by atoms with Gasteiger partial charge in [0.05, 0.1) is 17.0 Å². The first-order valence-corrected chi connectivity index (χ1v) is 10.7. The van der Waals surface area contributed by atoms with Gasteiger partial charge in [0.2, 0.25) is 5.91 Å². The molecule has 0 bridgehead atoms. The van der Waals surface area contributed by atoms with E-state index in [-0.39, 0.29) is 17.3 Å². The molecule has 2 aliphatic rings. The first-order chi connectivity index (χ1) is 14.0. The van der Waals surface area contributed by atoms with E-state index < -0.39 is 0 Å². The lowest BCUT2D eigenvalue weighted by molar-refractivity contribution is -0.116. The molecular weight excluding hydrogens is 388 g/mol. The van der Waals surface area contributed by atoms with Crippen LogP contribution in [0.1, 0.15) is 32.3 Å². The van der Waals surface area contributed by atoms with Crippen molar-refractivity contribution in [1.82, 2.24) is 15.6 Å². The number of hydrogen-bond acceptors (Lipinski definition) is 6. The SMILES string of the molecule is CCOc1cc(NC(C)=O)nc2ccc(/C=C3\SC(NCC4CC4)NC3=O)cc12. The van der Waals surface area contributed by atoms with Crippen LogP contribution in [0.15, 0.2) is 29.2 Å². The molecule has 152 valence electrons. The van der Waals surface area contributed by atoms with Crippen LogP contribution in [0.2, 0.25) is 0 Å². The fourth-order valence-corrected chi connectivity index (χ4v) is 4.13. The van der Waals surface area contributed by atoms with Gasteiger partial charge in [0.25, 0.3) is 5.91 Å². The Morgan fingerprint density at radius 3 is 2.93 bits per heavy atom. The van der Waals surface area contributed by atoms with Gasteiger partial charge < -0.3 is 15.4 Å². The normalized spacial score (nSPS) is 20.1. The molecule has 0 spiro atoms. The van der Waals surface area contributed by atoms with Gasteiger partial charge in [-0.3, -0.25) is 14.9 Å². The fraction of sp³-hybridized carbons (Fsp3) is 0.381. The van der Waals surface area contributed by atoms with E-state index in [1.807, 2.05) is 31.2 Å². The molecule has 3 N–H and O–H groups in total. The van der Waals surface area contributed by atoms with Crippen molar-refractivity contribution in [3.63, 3.8) is 0 Å². The Morgan fingerprint density at radius 2 is 2.21 bits per heavy atom. The molecule has 2 heterocycles. The molecular formula is C21H24N4O3S. The third-order valence-electron chi connectivity index (χ3n) is 4.72. The van der Waals surface area contributed by atoms with Gasteiger partial charge in [-0.2, -0.15) is 0 Å². The first kappa shape index (κ1) is 19.7. The third kappa shape index (κ3) is 4.89. The lowest BCUT2D eigenvalue weighted by Gasteiger charge is -2.11. The summed E-state index contributed by atoms with van der Waals surface area (Å²) in [6, 6.07) is 7.46. The van der Waals surface area contributed by atoms with E-state index in [2.05, 4.69) is 20.9 Å². The minimum absolute atomic E-state index is 0.0624. The number of carbonyl (C=O) groups excluding carboxylic acids is 2. The van der Waals surface area contributed by atoms with Crippen LogP contribution in [0.4, 0.5) is 5.82 Å². The number of aromatic nitrogens is 1. The number of fused-ring (bicyclic) bond motifs is 1. The summed E-state index contributed by atoms with van der Waals surface area (Å²) in [7, 11) is 0. The van der Waals surface area contributed by atoms with Crippen LogP contribution in [0, 0.1) is 5.92 Å². The summed E-state index contributed by atoms with van der Waals surface area (Å²) in [6.07, 6.45) is 4.44. The molecule has 0 radical (unpaired) electrons. The summed E-state index contributed by atoms with van der Waals surface area (Å²) < 4.78 is 5.76. The molecule has 29 heavy (non-hydrogen) atoms. The van der Waals surface area contributed by atoms with Gasteiger partial charge in [-0.15, -0.1) is 0 Å². The van der Waals surface area contributed by atoms with Crippen molar-refractivity contribution in [3.8, 4) is 5.75 Å². The number of anilines is 1. The number of pyridine rings is 1. The average molecular weight is 413 g/mol. The number of thioether (sulfide) groups is 1. The number of nitrogens with one attached hydrogen (secondary N) is 3. The summed E-state index contributed by atoms with van der Waals surface area (Å²) in [5, 5.41) is 9.90. The summed E-state index contributed by atoms with van der Waals surface area (Å²) in [5.74, 6) is 1.61. The molecule has 1 saturated heterocycles. The van der Waals surface area contributed by atoms with Gasteiger partial charge in [-0.25, -0.2) is 4.98 Å². The summed E-state index contributed by atoms with van der Waals surface area (Å²) in [4.78, 5) is 28.8. The van der Waals surface area contributed by atoms with Gasteiger partial charge in [-0.1, -0.05) is 17.8 Å². The number of rotatable bonds is 7.